The molecule has 0 saturated carbocycles. The summed E-state index contributed by atoms with van der Waals surface area (Å²) in [5.41, 5.74) is 2.31. The molecule has 112 valence electrons. The summed E-state index contributed by atoms with van der Waals surface area (Å²) in [7, 11) is 2.16. The number of hydrogen-bond acceptors (Lipinski definition) is 4. The Balaban J connectivity index is 1.96. The minimum absolute atomic E-state index is 0.317. The highest BCUT2D eigenvalue weighted by Gasteiger charge is 2.19. The molecule has 0 radical (unpaired) electrons. The maximum Gasteiger partial charge on any atom is 0.0572 e. The van der Waals surface area contributed by atoms with Gasteiger partial charge < -0.3 is 15.0 Å². The van der Waals surface area contributed by atoms with Crippen LogP contribution in [0.5, 0.6) is 0 Å². The van der Waals surface area contributed by atoms with Gasteiger partial charge in [-0.2, -0.15) is 0 Å². The van der Waals surface area contributed by atoms with Crippen molar-refractivity contribution in [1.29, 1.82) is 0 Å². The van der Waals surface area contributed by atoms with Crippen LogP contribution in [0.25, 0.3) is 0 Å². The lowest BCUT2D eigenvalue weighted by atomic mass is 10.1. The number of nitrogens with zero attached hydrogens (tertiary/aromatic N) is 2. The zero-order valence-corrected chi connectivity index (χ0v) is 12.9. The van der Waals surface area contributed by atoms with Crippen molar-refractivity contribution in [2.75, 3.05) is 31.7 Å². The lowest BCUT2D eigenvalue weighted by molar-refractivity contribution is 0.0855. The molecule has 2 rings (SSSR count). The molecule has 0 amide bonds. The van der Waals surface area contributed by atoms with E-state index in [2.05, 4.69) is 48.2 Å². The first-order valence-electron chi connectivity index (χ1n) is 7.72. The Labute approximate surface area is 122 Å². The molecular formula is C16H27N3O. The van der Waals surface area contributed by atoms with E-state index in [1.165, 1.54) is 5.69 Å². The highest BCUT2D eigenvalue weighted by Crippen LogP contribution is 2.21. The highest BCUT2D eigenvalue weighted by molar-refractivity contribution is 5.45. The van der Waals surface area contributed by atoms with Gasteiger partial charge in [-0.25, -0.2) is 0 Å². The zero-order valence-electron chi connectivity index (χ0n) is 12.9. The van der Waals surface area contributed by atoms with Gasteiger partial charge in [0, 0.05) is 32.3 Å². The molecule has 4 heteroatoms. The van der Waals surface area contributed by atoms with Gasteiger partial charge in [-0.05, 0) is 44.9 Å². The van der Waals surface area contributed by atoms with Gasteiger partial charge in [0.2, 0.25) is 0 Å². The molecule has 1 unspecified atom stereocenters. The quantitative estimate of drug-likeness (QED) is 0.867. The molecule has 0 spiro atoms. The second-order valence-corrected chi connectivity index (χ2v) is 5.57. The third-order valence-electron chi connectivity index (χ3n) is 4.06. The van der Waals surface area contributed by atoms with Crippen LogP contribution < -0.4 is 10.2 Å². The molecule has 1 aromatic heterocycles. The van der Waals surface area contributed by atoms with Gasteiger partial charge in [0.15, 0.2) is 0 Å². The predicted molar refractivity (Wildman–Crippen MR) is 83.2 cm³/mol. The maximum atomic E-state index is 5.42. The van der Waals surface area contributed by atoms with E-state index in [-0.39, 0.29) is 0 Å². The lowest BCUT2D eigenvalue weighted by Gasteiger charge is -2.32. The molecule has 1 aromatic rings. The van der Waals surface area contributed by atoms with Crippen LogP contribution in [0.15, 0.2) is 18.3 Å². The van der Waals surface area contributed by atoms with E-state index in [9.17, 15) is 0 Å². The Morgan fingerprint density at radius 2 is 2.15 bits per heavy atom. The summed E-state index contributed by atoms with van der Waals surface area (Å²) in [6.45, 7) is 7.13. The molecule has 1 aliphatic heterocycles. The first-order valence-corrected chi connectivity index (χ1v) is 7.72. The highest BCUT2D eigenvalue weighted by atomic mass is 16.5. The van der Waals surface area contributed by atoms with Gasteiger partial charge >= 0.3 is 0 Å². The number of hydrogen-bond donors (Lipinski definition) is 1. The molecule has 1 N–H and O–H groups in total. The summed E-state index contributed by atoms with van der Waals surface area (Å²) in [6.07, 6.45) is 5.35. The summed E-state index contributed by atoms with van der Waals surface area (Å²) in [5, 5.41) is 3.47. The first kappa shape index (κ1) is 15.3. The van der Waals surface area contributed by atoms with E-state index in [0.29, 0.717) is 12.1 Å². The zero-order chi connectivity index (χ0) is 14.4. The summed E-state index contributed by atoms with van der Waals surface area (Å²) in [5.74, 6) is 0. The number of anilines is 1. The van der Waals surface area contributed by atoms with Crippen molar-refractivity contribution in [2.24, 2.45) is 0 Å². The van der Waals surface area contributed by atoms with Gasteiger partial charge in [0.05, 0.1) is 17.6 Å². The van der Waals surface area contributed by atoms with Gasteiger partial charge in [0.1, 0.15) is 0 Å². The second-order valence-electron chi connectivity index (χ2n) is 5.57. The standard InChI is InChI=1S/C16H27N3O/c1-4-9-17-13(2)16-6-5-15(12-18-16)19(3)14-7-10-20-11-8-14/h5-6,12-14,17H,4,7-11H2,1-3H3. The number of pyridine rings is 1. The fraction of sp³-hybridized carbons (Fsp3) is 0.688. The largest absolute Gasteiger partial charge is 0.381 e. The van der Waals surface area contributed by atoms with Gasteiger partial charge in [-0.1, -0.05) is 6.92 Å². The van der Waals surface area contributed by atoms with Crippen LogP contribution in [0.3, 0.4) is 0 Å². The van der Waals surface area contributed by atoms with Crippen molar-refractivity contribution in [3.63, 3.8) is 0 Å². The molecule has 4 nitrogen and oxygen atoms in total. The van der Waals surface area contributed by atoms with Gasteiger partial charge in [0.25, 0.3) is 0 Å². The molecule has 1 atom stereocenters. The third-order valence-corrected chi connectivity index (χ3v) is 4.06. The molecule has 1 saturated heterocycles. The van der Waals surface area contributed by atoms with Crippen molar-refractivity contribution in [1.82, 2.24) is 10.3 Å². The van der Waals surface area contributed by atoms with E-state index in [0.717, 1.165) is 44.7 Å². The van der Waals surface area contributed by atoms with Crippen LogP contribution in [0, 0.1) is 0 Å². The molecular weight excluding hydrogens is 250 g/mol. The van der Waals surface area contributed by atoms with E-state index in [1.54, 1.807) is 0 Å². The molecule has 20 heavy (non-hydrogen) atoms. The van der Waals surface area contributed by atoms with Crippen LogP contribution >= 0.6 is 0 Å². The smallest absolute Gasteiger partial charge is 0.0572 e. The number of aromatic nitrogens is 1. The molecule has 0 aliphatic carbocycles. The molecule has 1 fully saturated rings. The monoisotopic (exact) mass is 277 g/mol. The number of rotatable bonds is 6. The number of ether oxygens (including phenoxy) is 1. The van der Waals surface area contributed by atoms with Crippen LogP contribution in [-0.4, -0.2) is 37.8 Å². The summed E-state index contributed by atoms with van der Waals surface area (Å²) < 4.78 is 5.42. The first-order chi connectivity index (χ1) is 9.72. The fourth-order valence-electron chi connectivity index (χ4n) is 2.61. The van der Waals surface area contributed by atoms with E-state index in [4.69, 9.17) is 4.74 Å². The Morgan fingerprint density at radius 3 is 2.75 bits per heavy atom. The summed E-state index contributed by atoms with van der Waals surface area (Å²) >= 11 is 0. The van der Waals surface area contributed by atoms with Gasteiger partial charge in [-0.3, -0.25) is 4.98 Å². The summed E-state index contributed by atoms with van der Waals surface area (Å²) in [6, 6.07) is 5.21. The third kappa shape index (κ3) is 3.93. The Bertz CT molecular complexity index is 387. The minimum atomic E-state index is 0.317. The van der Waals surface area contributed by atoms with Crippen LogP contribution in [0.4, 0.5) is 5.69 Å². The molecule has 0 aromatic carbocycles. The van der Waals surface area contributed by atoms with Crippen molar-refractivity contribution < 1.29 is 4.74 Å². The predicted octanol–water partition coefficient (Wildman–Crippen LogP) is 2.76. The second kappa shape index (κ2) is 7.60. The average Bonchev–Trinajstić information content (AvgIpc) is 2.53. The molecule has 2 heterocycles. The minimum Gasteiger partial charge on any atom is -0.381 e. The fourth-order valence-corrected chi connectivity index (χ4v) is 2.61. The maximum absolute atomic E-state index is 5.42. The van der Waals surface area contributed by atoms with Crippen LogP contribution in [0.1, 0.15) is 44.8 Å². The van der Waals surface area contributed by atoms with E-state index < -0.39 is 0 Å². The van der Waals surface area contributed by atoms with E-state index >= 15 is 0 Å². The average molecular weight is 277 g/mol. The normalized spacial score (nSPS) is 17.9. The molecule has 0 bridgehead atoms. The Morgan fingerprint density at radius 1 is 1.40 bits per heavy atom. The Kier molecular flexibility index (Phi) is 5.80. The van der Waals surface area contributed by atoms with E-state index in [1.807, 2.05) is 6.20 Å². The number of nitrogens with one attached hydrogen (secondary N) is 1. The SMILES string of the molecule is CCCNC(C)c1ccc(N(C)C2CCOCC2)cn1. The summed E-state index contributed by atoms with van der Waals surface area (Å²) in [4.78, 5) is 6.95. The topological polar surface area (TPSA) is 37.4 Å². The van der Waals surface area contributed by atoms with Gasteiger partial charge in [-0.15, -0.1) is 0 Å². The Hall–Kier alpha value is -1.13. The van der Waals surface area contributed by atoms with Crippen LogP contribution in [-0.2, 0) is 4.74 Å². The van der Waals surface area contributed by atoms with Crippen LogP contribution in [0.2, 0.25) is 0 Å². The lowest BCUT2D eigenvalue weighted by Crippen LogP contribution is -2.36. The molecule has 1 aliphatic rings. The van der Waals surface area contributed by atoms with Crippen molar-refractivity contribution in [3.05, 3.63) is 24.0 Å². The van der Waals surface area contributed by atoms with Crippen molar-refractivity contribution in [3.8, 4) is 0 Å². The van der Waals surface area contributed by atoms with Crippen molar-refractivity contribution in [2.45, 2.75) is 45.2 Å². The van der Waals surface area contributed by atoms with Crippen molar-refractivity contribution >= 4 is 5.69 Å².